The van der Waals surface area contributed by atoms with Crippen LogP contribution in [-0.4, -0.2) is 87.4 Å². The van der Waals surface area contributed by atoms with E-state index >= 15 is 0 Å². The number of nitrogens with zero attached hydrogens (tertiary/aromatic N) is 1. The SMILES string of the molecule is CC/C=C\C/C=C\C/C=C\C/C=C\C/C=C\C/C=C\C/C=C\C/C=C\C/C=C\C/C=C\CCCCCCCCC(=O)OC(COC(=O)CCCCCCCCCCC/C=C\C/C=C\CCCCCCC)COC(OCC[N+](C)(C)C)C(=O)O. The number of esters is 2. The Hall–Kier alpha value is -4.83. The fourth-order valence-corrected chi connectivity index (χ4v) is 8.54. The molecule has 0 bridgehead atoms. The number of hydrogen-bond donors (Lipinski definition) is 1. The molecule has 0 heterocycles. The van der Waals surface area contributed by atoms with Crippen LogP contribution < -0.4 is 0 Å². The number of carbonyl (C=O) groups is 3. The fourth-order valence-electron chi connectivity index (χ4n) is 8.54. The summed E-state index contributed by atoms with van der Waals surface area (Å²) in [7, 11) is 5.96. The van der Waals surface area contributed by atoms with Gasteiger partial charge in [-0.05, 0) is 122 Å². The second kappa shape index (κ2) is 63.2. The molecule has 0 aromatic rings. The quantitative estimate of drug-likeness (QED) is 0.0211. The van der Waals surface area contributed by atoms with Crippen molar-refractivity contribution >= 4 is 17.9 Å². The molecule has 0 aliphatic rings. The van der Waals surface area contributed by atoms with Gasteiger partial charge in [-0.25, -0.2) is 4.79 Å². The van der Waals surface area contributed by atoms with E-state index < -0.39 is 24.3 Å². The Labute approximate surface area is 509 Å². The van der Waals surface area contributed by atoms with Gasteiger partial charge in [0.25, 0.3) is 6.29 Å². The molecule has 0 rings (SSSR count). The summed E-state index contributed by atoms with van der Waals surface area (Å²) >= 11 is 0. The first-order chi connectivity index (χ1) is 40.6. The number of aliphatic carboxylic acids is 1. The maximum atomic E-state index is 12.9. The molecule has 9 heteroatoms. The molecule has 0 radical (unpaired) electrons. The van der Waals surface area contributed by atoms with Gasteiger partial charge in [-0.3, -0.25) is 9.59 Å². The zero-order valence-corrected chi connectivity index (χ0v) is 53.5. The summed E-state index contributed by atoms with van der Waals surface area (Å²) in [4.78, 5) is 37.5. The molecule has 0 fully saturated rings. The number of hydrogen-bond acceptors (Lipinski definition) is 7. The van der Waals surface area contributed by atoms with Crippen molar-refractivity contribution in [3.8, 4) is 0 Å². The van der Waals surface area contributed by atoms with E-state index in [1.54, 1.807) is 0 Å². The summed E-state index contributed by atoms with van der Waals surface area (Å²) in [6.07, 6.45) is 89.4. The van der Waals surface area contributed by atoms with Crippen LogP contribution in [0.1, 0.15) is 245 Å². The lowest BCUT2D eigenvalue weighted by atomic mass is 10.1. The predicted molar refractivity (Wildman–Crippen MR) is 354 cm³/mol. The third kappa shape index (κ3) is 64.6. The summed E-state index contributed by atoms with van der Waals surface area (Å²) in [5, 5.41) is 9.73. The topological polar surface area (TPSA) is 108 Å². The molecule has 2 atom stereocenters. The molecular formula is C74H122NO8+. The van der Waals surface area contributed by atoms with Crippen molar-refractivity contribution in [2.75, 3.05) is 47.5 Å². The van der Waals surface area contributed by atoms with Gasteiger partial charge in [0.2, 0.25) is 0 Å². The molecule has 9 nitrogen and oxygen atoms in total. The molecule has 0 saturated heterocycles. The maximum absolute atomic E-state index is 12.9. The molecule has 0 aliphatic carbocycles. The van der Waals surface area contributed by atoms with E-state index in [-0.39, 0.29) is 38.6 Å². The van der Waals surface area contributed by atoms with Gasteiger partial charge in [0.1, 0.15) is 13.2 Å². The molecular weight excluding hydrogens is 1030 g/mol. The molecule has 0 aromatic heterocycles. The van der Waals surface area contributed by atoms with E-state index in [1.165, 1.54) is 77.0 Å². The number of carboxylic acids is 1. The van der Waals surface area contributed by atoms with E-state index in [0.29, 0.717) is 17.4 Å². The largest absolute Gasteiger partial charge is 0.477 e. The first kappa shape index (κ1) is 78.2. The highest BCUT2D eigenvalue weighted by Crippen LogP contribution is 2.15. The Morgan fingerprint density at radius 2 is 0.687 bits per heavy atom. The highest BCUT2D eigenvalue weighted by atomic mass is 16.7. The van der Waals surface area contributed by atoms with Gasteiger partial charge < -0.3 is 28.5 Å². The highest BCUT2D eigenvalue weighted by molar-refractivity contribution is 5.71. The van der Waals surface area contributed by atoms with Gasteiger partial charge in [-0.15, -0.1) is 0 Å². The fraction of sp³-hybridized carbons (Fsp3) is 0.635. The van der Waals surface area contributed by atoms with Crippen LogP contribution in [0.5, 0.6) is 0 Å². The zero-order chi connectivity index (χ0) is 60.5. The molecule has 0 spiro atoms. The normalized spacial score (nSPS) is 13.7. The number of allylic oxidation sites excluding steroid dienone is 24. The van der Waals surface area contributed by atoms with Crippen LogP contribution in [0, 0.1) is 0 Å². The van der Waals surface area contributed by atoms with Crippen LogP contribution in [-0.2, 0) is 33.3 Å². The van der Waals surface area contributed by atoms with Crippen molar-refractivity contribution in [3.63, 3.8) is 0 Å². The average molecular weight is 1150 g/mol. The number of ether oxygens (including phenoxy) is 4. The summed E-state index contributed by atoms with van der Waals surface area (Å²) in [5.74, 6) is -2.04. The van der Waals surface area contributed by atoms with E-state index in [9.17, 15) is 19.5 Å². The first-order valence-electron chi connectivity index (χ1n) is 33.0. The highest BCUT2D eigenvalue weighted by Gasteiger charge is 2.25. The molecule has 0 aromatic carbocycles. The van der Waals surface area contributed by atoms with Crippen LogP contribution in [0.15, 0.2) is 146 Å². The molecule has 0 aliphatic heterocycles. The molecule has 83 heavy (non-hydrogen) atoms. The second-order valence-electron chi connectivity index (χ2n) is 22.7. The van der Waals surface area contributed by atoms with Crippen molar-refractivity contribution in [2.45, 2.75) is 257 Å². The van der Waals surface area contributed by atoms with Gasteiger partial charge >= 0.3 is 17.9 Å². The lowest BCUT2D eigenvalue weighted by molar-refractivity contribution is -0.870. The molecule has 0 saturated carbocycles. The van der Waals surface area contributed by atoms with Gasteiger partial charge in [-0.1, -0.05) is 256 Å². The zero-order valence-electron chi connectivity index (χ0n) is 53.5. The monoisotopic (exact) mass is 1150 g/mol. The first-order valence-corrected chi connectivity index (χ1v) is 33.0. The van der Waals surface area contributed by atoms with E-state index in [1.807, 2.05) is 21.1 Å². The molecule has 1 N–H and O–H groups in total. The minimum atomic E-state index is -1.53. The Morgan fingerprint density at radius 3 is 1.02 bits per heavy atom. The summed E-state index contributed by atoms with van der Waals surface area (Å²) < 4.78 is 22.9. The average Bonchev–Trinajstić information content (AvgIpc) is 3.46. The van der Waals surface area contributed by atoms with Crippen LogP contribution in [0.4, 0.5) is 0 Å². The molecule has 0 amide bonds. The number of quaternary nitrogens is 1. The maximum Gasteiger partial charge on any atom is 0.361 e. The van der Waals surface area contributed by atoms with Crippen LogP contribution >= 0.6 is 0 Å². The Morgan fingerprint density at radius 1 is 0.373 bits per heavy atom. The number of unbranched alkanes of at least 4 members (excludes halogenated alkanes) is 20. The van der Waals surface area contributed by atoms with Crippen molar-refractivity contribution in [3.05, 3.63) is 146 Å². The smallest absolute Gasteiger partial charge is 0.361 e. The Balaban J connectivity index is 4.25. The van der Waals surface area contributed by atoms with E-state index in [2.05, 4.69) is 160 Å². The van der Waals surface area contributed by atoms with Crippen molar-refractivity contribution in [1.29, 1.82) is 0 Å². The summed E-state index contributed by atoms with van der Waals surface area (Å²) in [5.41, 5.74) is 0. The summed E-state index contributed by atoms with van der Waals surface area (Å²) in [6.45, 7) is 4.72. The van der Waals surface area contributed by atoms with Crippen molar-refractivity contribution in [1.82, 2.24) is 0 Å². The number of likely N-dealkylation sites (N-methyl/N-ethyl adjacent to an activating group) is 1. The van der Waals surface area contributed by atoms with E-state index in [4.69, 9.17) is 18.9 Å². The molecule has 2 unspecified atom stereocenters. The lowest BCUT2D eigenvalue weighted by Crippen LogP contribution is -2.40. The van der Waals surface area contributed by atoms with Gasteiger partial charge in [0, 0.05) is 12.8 Å². The van der Waals surface area contributed by atoms with Crippen molar-refractivity contribution < 1.29 is 42.9 Å². The van der Waals surface area contributed by atoms with Gasteiger partial charge in [0.15, 0.2) is 6.10 Å². The standard InChI is InChI=1S/C74H121NO8/c1-6-8-10-12-14-16-18-20-22-24-26-28-29-30-31-32-33-34-35-36-37-38-39-40-41-42-43-45-47-49-51-53-55-57-59-61-63-65-72(77)83-70(69-82-74(73(78)79)80-67-66-75(3,4)5)68-81-71(76)64-62-60-58-56-54-52-50-48-46-44-27-25-23-21-19-17-15-13-11-9-7-2/h8,10,14,16,19-22,25-28,30-31,33-34,36-37,39-40,42-43,47,49,70,74H,6-7,9,11-13,15,17-18,23-24,29,32,35,38,41,44-46,48,50-69H2,1-5H3/p+1/b10-8-,16-14-,21-19-,22-20-,27-25-,28-26-,31-30-,34-33-,37-36-,40-39-,43-42-,49-47-. The van der Waals surface area contributed by atoms with Gasteiger partial charge in [-0.2, -0.15) is 0 Å². The van der Waals surface area contributed by atoms with E-state index in [0.717, 1.165) is 135 Å². The number of rotatable bonds is 59. The third-order valence-electron chi connectivity index (χ3n) is 13.6. The third-order valence-corrected chi connectivity index (χ3v) is 13.6. The number of carboxylic acid groups (broad SMARTS) is 1. The van der Waals surface area contributed by atoms with Gasteiger partial charge in [0.05, 0.1) is 34.4 Å². The second-order valence-corrected chi connectivity index (χ2v) is 22.7. The predicted octanol–water partition coefficient (Wildman–Crippen LogP) is 20.3. The van der Waals surface area contributed by atoms with Crippen LogP contribution in [0.2, 0.25) is 0 Å². The van der Waals surface area contributed by atoms with Crippen LogP contribution in [0.3, 0.4) is 0 Å². The lowest BCUT2D eigenvalue weighted by Gasteiger charge is -2.25. The van der Waals surface area contributed by atoms with Crippen molar-refractivity contribution in [2.24, 2.45) is 0 Å². The molecule has 470 valence electrons. The number of carbonyl (C=O) groups excluding carboxylic acids is 2. The van der Waals surface area contributed by atoms with Crippen LogP contribution in [0.25, 0.3) is 0 Å². The summed E-state index contributed by atoms with van der Waals surface area (Å²) in [6, 6.07) is 0. The Kier molecular flexibility index (Phi) is 59.5. The Bertz CT molecular complexity index is 1870. The minimum Gasteiger partial charge on any atom is -0.477 e. The minimum absolute atomic E-state index is 0.176.